The van der Waals surface area contributed by atoms with E-state index in [2.05, 4.69) is 26.3 Å². The number of benzene rings is 3. The van der Waals surface area contributed by atoms with E-state index in [0.717, 1.165) is 0 Å². The molecule has 0 radical (unpaired) electrons. The van der Waals surface area contributed by atoms with Crippen LogP contribution in [0.25, 0.3) is 5.69 Å². The predicted molar refractivity (Wildman–Crippen MR) is 140 cm³/mol. The Kier molecular flexibility index (Phi) is 8.44. The molecule has 0 atom stereocenters. The molecule has 1 aromatic heterocycles. The van der Waals surface area contributed by atoms with Crippen LogP contribution < -0.4 is 25.4 Å². The minimum Gasteiger partial charge on any atom is -0.497 e. The number of hydrogen-bond acceptors (Lipinski definition) is 6. The second kappa shape index (κ2) is 12.1. The average molecular weight is 541 g/mol. The first kappa shape index (κ1) is 25.8. The Labute approximate surface area is 222 Å². The van der Waals surface area contributed by atoms with Crippen LogP contribution in [0.3, 0.4) is 0 Å². The zero-order chi connectivity index (χ0) is 26.2. The molecule has 0 spiro atoms. The first-order valence-corrected chi connectivity index (χ1v) is 11.8. The number of aromatic nitrogens is 3. The van der Waals surface area contributed by atoms with Crippen LogP contribution in [0, 0.1) is 0 Å². The Bertz CT molecular complexity index is 1390. The molecule has 0 aliphatic heterocycles. The zero-order valence-electron chi connectivity index (χ0n) is 19.6. The molecule has 12 heteroatoms. The van der Waals surface area contributed by atoms with E-state index in [4.69, 9.17) is 32.7 Å². The number of carbonyl (C=O) groups excluding carboxylic acids is 2. The van der Waals surface area contributed by atoms with Crippen molar-refractivity contribution in [3.8, 4) is 22.9 Å². The van der Waals surface area contributed by atoms with Crippen LogP contribution in [-0.4, -0.2) is 47.1 Å². The number of para-hydroxylation sites is 2. The summed E-state index contributed by atoms with van der Waals surface area (Å²) in [6.07, 6.45) is 1.48. The van der Waals surface area contributed by atoms with E-state index >= 15 is 0 Å². The molecule has 1 heterocycles. The third-order valence-electron chi connectivity index (χ3n) is 5.00. The quantitative estimate of drug-likeness (QED) is 0.259. The number of anilines is 1. The van der Waals surface area contributed by atoms with Crippen LogP contribution in [0.4, 0.5) is 10.5 Å². The van der Waals surface area contributed by atoms with Crippen molar-refractivity contribution < 1.29 is 19.1 Å². The van der Waals surface area contributed by atoms with Gasteiger partial charge in [0, 0.05) is 23.8 Å². The highest BCUT2D eigenvalue weighted by Gasteiger charge is 2.15. The molecule has 4 rings (SSSR count). The summed E-state index contributed by atoms with van der Waals surface area (Å²) in [5.74, 6) is 1.12. The van der Waals surface area contributed by atoms with Gasteiger partial charge < -0.3 is 25.4 Å². The van der Waals surface area contributed by atoms with Crippen molar-refractivity contribution >= 4 is 40.8 Å². The molecule has 3 N–H and O–H groups in total. The number of ether oxygens (including phenoxy) is 2. The fraction of sp³-hybridized carbons (Fsp3) is 0.120. The van der Waals surface area contributed by atoms with Gasteiger partial charge >= 0.3 is 6.03 Å². The number of hydrogen-bond donors (Lipinski definition) is 3. The smallest absolute Gasteiger partial charge is 0.319 e. The third kappa shape index (κ3) is 6.90. The first-order chi connectivity index (χ1) is 17.9. The van der Waals surface area contributed by atoms with Gasteiger partial charge in [-0.2, -0.15) is 0 Å². The summed E-state index contributed by atoms with van der Waals surface area (Å²) >= 11 is 12.2. The Morgan fingerprint density at radius 1 is 0.946 bits per heavy atom. The summed E-state index contributed by atoms with van der Waals surface area (Å²) < 4.78 is 12.5. The van der Waals surface area contributed by atoms with E-state index in [-0.39, 0.29) is 18.8 Å². The zero-order valence-corrected chi connectivity index (χ0v) is 21.1. The molecule has 3 amide bonds. The third-order valence-corrected chi connectivity index (χ3v) is 5.53. The van der Waals surface area contributed by atoms with Gasteiger partial charge in [-0.25, -0.2) is 9.48 Å². The fourth-order valence-electron chi connectivity index (χ4n) is 3.19. The van der Waals surface area contributed by atoms with Gasteiger partial charge in [-0.15, -0.1) is 5.10 Å². The molecule has 10 nitrogen and oxygen atoms in total. The van der Waals surface area contributed by atoms with Crippen molar-refractivity contribution in [2.24, 2.45) is 0 Å². The van der Waals surface area contributed by atoms with E-state index in [9.17, 15) is 9.59 Å². The lowest BCUT2D eigenvalue weighted by Crippen LogP contribution is -2.36. The van der Waals surface area contributed by atoms with E-state index in [1.165, 1.54) is 10.9 Å². The number of carbonyl (C=O) groups is 2. The molecule has 37 heavy (non-hydrogen) atoms. The Morgan fingerprint density at radius 3 is 2.46 bits per heavy atom. The van der Waals surface area contributed by atoms with E-state index in [1.807, 2.05) is 0 Å². The fourth-order valence-corrected chi connectivity index (χ4v) is 3.63. The van der Waals surface area contributed by atoms with Crippen molar-refractivity contribution in [3.63, 3.8) is 0 Å². The highest BCUT2D eigenvalue weighted by Crippen LogP contribution is 2.34. The Balaban J connectivity index is 1.30. The molecular weight excluding hydrogens is 519 g/mol. The second-order valence-electron chi connectivity index (χ2n) is 7.56. The lowest BCUT2D eigenvalue weighted by atomic mass is 10.3. The maximum absolute atomic E-state index is 12.5. The number of nitrogens with zero attached hydrogens (tertiary/aromatic N) is 3. The SMILES string of the molecule is COc1ccc(NC(=O)NCCNC(=O)c2cn(-c3ccccc3Oc3ccc(Cl)cc3Cl)nn2)cc1. The monoisotopic (exact) mass is 540 g/mol. The molecule has 190 valence electrons. The number of methoxy groups -OCH3 is 1. The highest BCUT2D eigenvalue weighted by atomic mass is 35.5. The van der Waals surface area contributed by atoms with Crippen molar-refractivity contribution in [1.82, 2.24) is 25.6 Å². The lowest BCUT2D eigenvalue weighted by Gasteiger charge is -2.11. The molecule has 0 saturated carbocycles. The number of amides is 3. The molecule has 0 aliphatic carbocycles. The van der Waals surface area contributed by atoms with Crippen LogP contribution in [0.15, 0.2) is 72.9 Å². The van der Waals surface area contributed by atoms with E-state index in [0.29, 0.717) is 38.7 Å². The van der Waals surface area contributed by atoms with E-state index in [1.54, 1.807) is 73.8 Å². The topological polar surface area (TPSA) is 119 Å². The first-order valence-electron chi connectivity index (χ1n) is 11.0. The number of urea groups is 1. The molecule has 0 saturated heterocycles. The highest BCUT2D eigenvalue weighted by molar-refractivity contribution is 6.35. The minimum absolute atomic E-state index is 0.0991. The average Bonchev–Trinajstić information content (AvgIpc) is 3.39. The van der Waals surface area contributed by atoms with Gasteiger partial charge in [0.05, 0.1) is 18.3 Å². The number of rotatable bonds is 9. The predicted octanol–water partition coefficient (Wildman–Crippen LogP) is 4.93. The summed E-state index contributed by atoms with van der Waals surface area (Å²) in [5, 5.41) is 16.9. The number of nitrogens with one attached hydrogen (secondary N) is 3. The van der Waals surface area contributed by atoms with Crippen molar-refractivity contribution in [3.05, 3.63) is 88.7 Å². The van der Waals surface area contributed by atoms with Crippen LogP contribution in [0.2, 0.25) is 10.0 Å². The summed E-state index contributed by atoms with van der Waals surface area (Å²) in [6.45, 7) is 0.400. The molecule has 3 aromatic carbocycles. The van der Waals surface area contributed by atoms with Crippen LogP contribution >= 0.6 is 23.2 Å². The minimum atomic E-state index is -0.442. The van der Waals surface area contributed by atoms with Gasteiger partial charge in [-0.1, -0.05) is 40.5 Å². The Morgan fingerprint density at radius 2 is 1.70 bits per heavy atom. The largest absolute Gasteiger partial charge is 0.497 e. The van der Waals surface area contributed by atoms with Gasteiger partial charge in [0.15, 0.2) is 11.4 Å². The van der Waals surface area contributed by atoms with Crippen molar-refractivity contribution in [1.29, 1.82) is 0 Å². The molecule has 0 bridgehead atoms. The van der Waals surface area contributed by atoms with Gasteiger partial charge in [-0.05, 0) is 54.6 Å². The molecule has 0 aliphatic rings. The summed E-state index contributed by atoms with van der Waals surface area (Å²) in [6, 6.07) is 18.5. The van der Waals surface area contributed by atoms with Gasteiger partial charge in [0.1, 0.15) is 17.2 Å². The van der Waals surface area contributed by atoms with Crippen LogP contribution in [0.5, 0.6) is 17.2 Å². The lowest BCUT2D eigenvalue weighted by molar-refractivity contribution is 0.0949. The molecular formula is C25H22Cl2N6O4. The standard InChI is InChI=1S/C25H22Cl2N6O4/c1-36-18-9-7-17(8-10-18)30-25(35)29-13-12-28-24(34)20-15-33(32-31-20)21-4-2-3-5-23(21)37-22-11-6-16(26)14-19(22)27/h2-11,14-15H,12-13H2,1H3,(H,28,34)(H2,29,30,35). The molecule has 0 unspecified atom stereocenters. The summed E-state index contributed by atoms with van der Waals surface area (Å²) in [7, 11) is 1.57. The maximum atomic E-state index is 12.5. The van der Waals surface area contributed by atoms with Gasteiger partial charge in [0.2, 0.25) is 0 Å². The Hall–Kier alpha value is -4.28. The summed E-state index contributed by atoms with van der Waals surface area (Å²) in [4.78, 5) is 24.5. The number of halogens is 2. The van der Waals surface area contributed by atoms with E-state index < -0.39 is 11.9 Å². The van der Waals surface area contributed by atoms with Crippen molar-refractivity contribution in [2.75, 3.05) is 25.5 Å². The molecule has 0 fully saturated rings. The second-order valence-corrected chi connectivity index (χ2v) is 8.40. The molecule has 4 aromatic rings. The van der Waals surface area contributed by atoms with Crippen molar-refractivity contribution in [2.45, 2.75) is 0 Å². The summed E-state index contributed by atoms with van der Waals surface area (Å²) in [5.41, 5.74) is 1.26. The van der Waals surface area contributed by atoms with Gasteiger partial charge in [-0.3, -0.25) is 4.79 Å². The maximum Gasteiger partial charge on any atom is 0.319 e. The van der Waals surface area contributed by atoms with Crippen LogP contribution in [-0.2, 0) is 0 Å². The normalized spacial score (nSPS) is 10.5. The van der Waals surface area contributed by atoms with Crippen LogP contribution in [0.1, 0.15) is 10.5 Å². The van der Waals surface area contributed by atoms with Gasteiger partial charge in [0.25, 0.3) is 5.91 Å².